The summed E-state index contributed by atoms with van der Waals surface area (Å²) in [6.45, 7) is 0.288. The van der Waals surface area contributed by atoms with Crippen molar-refractivity contribution in [2.24, 2.45) is 0 Å². The summed E-state index contributed by atoms with van der Waals surface area (Å²) in [5, 5.41) is 0. The lowest BCUT2D eigenvalue weighted by atomic mass is 10.2. The number of hydrogen-bond acceptors (Lipinski definition) is 4. The van der Waals surface area contributed by atoms with Gasteiger partial charge in [0.2, 0.25) is 0 Å². The number of hydrogen-bond donors (Lipinski definition) is 1. The van der Waals surface area contributed by atoms with Gasteiger partial charge in [-0.3, -0.25) is 14.6 Å². The van der Waals surface area contributed by atoms with Crippen molar-refractivity contribution in [2.75, 3.05) is 7.11 Å². The average Bonchev–Trinajstić information content (AvgIpc) is 2.49. The normalized spacial score (nSPS) is 9.95. The molecule has 0 saturated heterocycles. The molecule has 0 spiro atoms. The van der Waals surface area contributed by atoms with Gasteiger partial charge in [0.25, 0.3) is 5.91 Å². The number of rotatable bonds is 5. The fraction of sp³-hybridized carbons (Fsp3) is 0.143. The number of hydroxylamine groups is 1. The Bertz CT molecular complexity index is 526. The molecule has 5 heteroatoms. The number of amides is 1. The summed E-state index contributed by atoms with van der Waals surface area (Å²) >= 11 is 0. The molecule has 1 amide bonds. The molecule has 0 unspecified atom stereocenters. The smallest absolute Gasteiger partial charge is 0.276 e. The number of carbonyl (C=O) groups is 1. The lowest BCUT2D eigenvalue weighted by Gasteiger charge is -2.06. The van der Waals surface area contributed by atoms with E-state index in [9.17, 15) is 4.79 Å². The number of benzene rings is 1. The number of nitrogens with zero attached hydrogens (tertiary/aromatic N) is 1. The molecule has 0 aliphatic rings. The second-order valence-electron chi connectivity index (χ2n) is 3.81. The number of methoxy groups -OCH3 is 1. The minimum absolute atomic E-state index is 0.288. The number of ether oxygens (including phenoxy) is 1. The predicted octanol–water partition coefficient (Wildman–Crippen LogP) is 1.95. The first-order valence-electron chi connectivity index (χ1n) is 5.74. The van der Waals surface area contributed by atoms with Crippen LogP contribution in [-0.2, 0) is 11.4 Å². The van der Waals surface area contributed by atoms with Gasteiger partial charge in [-0.1, -0.05) is 12.1 Å². The Morgan fingerprint density at radius 2 is 2.05 bits per heavy atom. The first-order chi connectivity index (χ1) is 9.29. The number of carbonyl (C=O) groups excluding carboxylic acids is 1. The molecular weight excluding hydrogens is 244 g/mol. The quantitative estimate of drug-likeness (QED) is 0.833. The zero-order chi connectivity index (χ0) is 13.5. The molecule has 1 aromatic carbocycles. The molecule has 0 atom stereocenters. The van der Waals surface area contributed by atoms with Crippen LogP contribution >= 0.6 is 0 Å². The Morgan fingerprint density at radius 3 is 2.68 bits per heavy atom. The van der Waals surface area contributed by atoms with E-state index >= 15 is 0 Å². The standard InChI is InChI=1S/C14H14N2O3/c1-18-13-6-4-11(5-7-13)10-19-16-14(17)12-3-2-8-15-9-12/h2-9H,10H2,1H3,(H,16,17). The monoisotopic (exact) mass is 258 g/mol. The van der Waals surface area contributed by atoms with E-state index in [-0.39, 0.29) is 12.5 Å². The van der Waals surface area contributed by atoms with Crippen LogP contribution in [0.1, 0.15) is 15.9 Å². The van der Waals surface area contributed by atoms with Gasteiger partial charge in [-0.05, 0) is 29.8 Å². The summed E-state index contributed by atoms with van der Waals surface area (Å²) in [6, 6.07) is 10.8. The maximum atomic E-state index is 11.6. The van der Waals surface area contributed by atoms with Gasteiger partial charge in [0.15, 0.2) is 0 Å². The van der Waals surface area contributed by atoms with E-state index in [1.54, 1.807) is 25.4 Å². The molecule has 0 fully saturated rings. The average molecular weight is 258 g/mol. The van der Waals surface area contributed by atoms with E-state index in [1.807, 2.05) is 24.3 Å². The lowest BCUT2D eigenvalue weighted by Crippen LogP contribution is -2.23. The molecule has 1 N–H and O–H groups in total. The minimum Gasteiger partial charge on any atom is -0.497 e. The molecule has 0 radical (unpaired) electrons. The number of nitrogens with one attached hydrogen (secondary N) is 1. The van der Waals surface area contributed by atoms with E-state index in [2.05, 4.69) is 10.5 Å². The van der Waals surface area contributed by atoms with Crippen LogP contribution in [0.2, 0.25) is 0 Å². The maximum absolute atomic E-state index is 11.6. The Labute approximate surface area is 111 Å². The van der Waals surface area contributed by atoms with E-state index < -0.39 is 0 Å². The fourth-order valence-electron chi connectivity index (χ4n) is 1.46. The molecule has 5 nitrogen and oxygen atoms in total. The zero-order valence-electron chi connectivity index (χ0n) is 10.5. The van der Waals surface area contributed by atoms with Crippen LogP contribution in [0.25, 0.3) is 0 Å². The summed E-state index contributed by atoms with van der Waals surface area (Å²) in [7, 11) is 1.61. The number of pyridine rings is 1. The van der Waals surface area contributed by atoms with Crippen LogP contribution in [-0.4, -0.2) is 18.0 Å². The number of aromatic nitrogens is 1. The van der Waals surface area contributed by atoms with E-state index in [1.165, 1.54) is 6.20 Å². The van der Waals surface area contributed by atoms with Gasteiger partial charge >= 0.3 is 0 Å². The third-order valence-electron chi connectivity index (χ3n) is 2.49. The molecule has 1 heterocycles. The topological polar surface area (TPSA) is 60.5 Å². The SMILES string of the molecule is COc1ccc(CONC(=O)c2cccnc2)cc1. The highest BCUT2D eigenvalue weighted by atomic mass is 16.6. The minimum atomic E-state index is -0.318. The molecule has 0 aliphatic carbocycles. The summed E-state index contributed by atoms with van der Waals surface area (Å²) in [4.78, 5) is 20.6. The highest BCUT2D eigenvalue weighted by Crippen LogP contribution is 2.11. The van der Waals surface area contributed by atoms with Crippen molar-refractivity contribution >= 4 is 5.91 Å². The first-order valence-corrected chi connectivity index (χ1v) is 5.74. The predicted molar refractivity (Wildman–Crippen MR) is 69.5 cm³/mol. The first kappa shape index (κ1) is 13.0. The fourth-order valence-corrected chi connectivity index (χ4v) is 1.46. The van der Waals surface area contributed by atoms with Gasteiger partial charge in [-0.2, -0.15) is 0 Å². The van der Waals surface area contributed by atoms with Crippen molar-refractivity contribution in [1.82, 2.24) is 10.5 Å². The highest BCUT2D eigenvalue weighted by molar-refractivity contribution is 5.92. The van der Waals surface area contributed by atoms with Crippen LogP contribution in [0.3, 0.4) is 0 Å². The van der Waals surface area contributed by atoms with Crippen molar-refractivity contribution in [1.29, 1.82) is 0 Å². The largest absolute Gasteiger partial charge is 0.497 e. The summed E-state index contributed by atoms with van der Waals surface area (Å²) in [6.07, 6.45) is 3.08. The second kappa shape index (κ2) is 6.51. The van der Waals surface area contributed by atoms with Gasteiger partial charge in [0.1, 0.15) is 5.75 Å². The van der Waals surface area contributed by atoms with Gasteiger partial charge in [0, 0.05) is 12.4 Å². The highest BCUT2D eigenvalue weighted by Gasteiger charge is 2.04. The van der Waals surface area contributed by atoms with Crippen molar-refractivity contribution in [3.63, 3.8) is 0 Å². The van der Waals surface area contributed by atoms with Gasteiger partial charge < -0.3 is 4.74 Å². The van der Waals surface area contributed by atoms with Gasteiger partial charge in [-0.25, -0.2) is 5.48 Å². The molecule has 0 bridgehead atoms. The molecule has 1 aromatic heterocycles. The molecular formula is C14H14N2O3. The Balaban J connectivity index is 1.81. The third kappa shape index (κ3) is 3.79. The van der Waals surface area contributed by atoms with Gasteiger partial charge in [0.05, 0.1) is 19.3 Å². The van der Waals surface area contributed by atoms with Crippen LogP contribution in [0.15, 0.2) is 48.8 Å². The van der Waals surface area contributed by atoms with Crippen LogP contribution in [0.5, 0.6) is 5.75 Å². The third-order valence-corrected chi connectivity index (χ3v) is 2.49. The summed E-state index contributed by atoms with van der Waals surface area (Å²) in [5.74, 6) is 0.463. The van der Waals surface area contributed by atoms with Crippen LogP contribution < -0.4 is 10.2 Å². The zero-order valence-corrected chi connectivity index (χ0v) is 10.5. The van der Waals surface area contributed by atoms with Crippen molar-refractivity contribution in [3.8, 4) is 5.75 Å². The summed E-state index contributed by atoms with van der Waals surface area (Å²) < 4.78 is 5.05. The van der Waals surface area contributed by atoms with Crippen molar-refractivity contribution in [2.45, 2.75) is 6.61 Å². The van der Waals surface area contributed by atoms with Crippen LogP contribution in [0.4, 0.5) is 0 Å². The van der Waals surface area contributed by atoms with Crippen molar-refractivity contribution < 1.29 is 14.4 Å². The molecule has 2 aromatic rings. The molecule has 19 heavy (non-hydrogen) atoms. The van der Waals surface area contributed by atoms with E-state index in [0.29, 0.717) is 5.56 Å². The van der Waals surface area contributed by atoms with Crippen LogP contribution in [0, 0.1) is 0 Å². The summed E-state index contributed by atoms with van der Waals surface area (Å²) in [5.41, 5.74) is 3.76. The second-order valence-corrected chi connectivity index (χ2v) is 3.81. The Hall–Kier alpha value is -2.40. The molecule has 0 saturated carbocycles. The molecule has 98 valence electrons. The Morgan fingerprint density at radius 1 is 1.26 bits per heavy atom. The Kier molecular flexibility index (Phi) is 4.47. The molecule has 2 rings (SSSR count). The van der Waals surface area contributed by atoms with E-state index in [0.717, 1.165) is 11.3 Å². The molecule has 0 aliphatic heterocycles. The van der Waals surface area contributed by atoms with Crippen molar-refractivity contribution in [3.05, 3.63) is 59.9 Å². The maximum Gasteiger partial charge on any atom is 0.276 e. The lowest BCUT2D eigenvalue weighted by molar-refractivity contribution is 0.0233. The van der Waals surface area contributed by atoms with Gasteiger partial charge in [-0.15, -0.1) is 0 Å². The van der Waals surface area contributed by atoms with E-state index in [4.69, 9.17) is 9.57 Å².